The van der Waals surface area contributed by atoms with Crippen LogP contribution in [0.1, 0.15) is 80.2 Å². The van der Waals surface area contributed by atoms with Crippen LogP contribution in [-0.2, 0) is 30.0 Å². The fraction of sp³-hybridized carbons (Fsp3) is 0.767. The van der Waals surface area contributed by atoms with Gasteiger partial charge in [0.1, 0.15) is 6.10 Å². The second kappa shape index (κ2) is 15.4. The number of hydrogen-bond acceptors (Lipinski definition) is 6. The number of rotatable bonds is 15. The molecule has 6 atom stereocenters. The van der Waals surface area contributed by atoms with Crippen molar-refractivity contribution in [2.45, 2.75) is 119 Å². The van der Waals surface area contributed by atoms with Gasteiger partial charge in [0, 0.05) is 13.0 Å². The van der Waals surface area contributed by atoms with Crippen LogP contribution < -0.4 is 0 Å². The number of methoxy groups -OCH3 is 1. The Hall–Kier alpha value is -1.25. The molecule has 0 saturated heterocycles. The van der Waals surface area contributed by atoms with Gasteiger partial charge in [-0.1, -0.05) is 65.0 Å². The van der Waals surface area contributed by atoms with Gasteiger partial charge in [0.2, 0.25) is 9.04 Å². The number of hydrogen-bond donors (Lipinski definition) is 1. The van der Waals surface area contributed by atoms with Crippen molar-refractivity contribution < 1.29 is 28.5 Å². The molecule has 0 spiro atoms. The first-order valence-corrected chi connectivity index (χ1v) is 16.0. The number of benzene rings is 1. The highest BCUT2D eigenvalue weighted by Gasteiger charge is 2.36. The lowest BCUT2D eigenvalue weighted by Gasteiger charge is -2.35. The zero-order valence-electron chi connectivity index (χ0n) is 25.2. The van der Waals surface area contributed by atoms with Crippen molar-refractivity contribution in [1.82, 2.24) is 0 Å². The summed E-state index contributed by atoms with van der Waals surface area (Å²) in [5.41, 5.74) is 0.599. The van der Waals surface area contributed by atoms with Gasteiger partial charge >= 0.3 is 5.97 Å². The van der Waals surface area contributed by atoms with Crippen LogP contribution in [0.3, 0.4) is 0 Å². The zero-order valence-corrected chi connectivity index (χ0v) is 26.2. The van der Waals surface area contributed by atoms with Crippen molar-refractivity contribution in [3.63, 3.8) is 0 Å². The van der Waals surface area contributed by atoms with E-state index in [-0.39, 0.29) is 23.4 Å². The van der Waals surface area contributed by atoms with Crippen molar-refractivity contribution >= 4 is 15.0 Å². The summed E-state index contributed by atoms with van der Waals surface area (Å²) in [5.74, 6) is -0.148. The van der Waals surface area contributed by atoms with Gasteiger partial charge in [0.25, 0.3) is 0 Å². The molecule has 6 nitrogen and oxygen atoms in total. The van der Waals surface area contributed by atoms with Crippen molar-refractivity contribution in [2.75, 3.05) is 7.11 Å². The predicted molar refractivity (Wildman–Crippen MR) is 151 cm³/mol. The standard InChI is InChI=1S/C30H53O6Si/c1-21(19-29(3,4)5)17-25(33-9)26(34-20-23-15-13-12-14-16-23)24(31)18-22(2)27(36-37(10)11)35-28(32)30(6,7)8/h12-16,21-22,24-27,31H,17-20H2,1-11H3/t21-,22+,24-,25-,26+,27?/m0/s1. The summed E-state index contributed by atoms with van der Waals surface area (Å²) in [4.78, 5) is 12.6. The normalized spacial score (nSPS) is 17.6. The van der Waals surface area contributed by atoms with E-state index in [1.807, 2.05) is 71.1 Å². The monoisotopic (exact) mass is 537 g/mol. The minimum Gasteiger partial charge on any atom is -0.436 e. The third kappa shape index (κ3) is 13.4. The summed E-state index contributed by atoms with van der Waals surface area (Å²) in [5, 5.41) is 11.5. The first-order chi connectivity index (χ1) is 17.0. The second-order valence-electron chi connectivity index (χ2n) is 13.0. The molecule has 1 unspecified atom stereocenters. The Bertz CT molecular complexity index is 771. The number of aliphatic hydroxyl groups excluding tert-OH is 1. The first kappa shape index (κ1) is 33.8. The van der Waals surface area contributed by atoms with E-state index in [1.54, 1.807) is 7.11 Å². The molecule has 0 aromatic heterocycles. The van der Waals surface area contributed by atoms with Gasteiger partial charge in [0.15, 0.2) is 6.29 Å². The van der Waals surface area contributed by atoms with E-state index < -0.39 is 33.0 Å². The maximum Gasteiger partial charge on any atom is 0.313 e. The Kier molecular flexibility index (Phi) is 14.0. The Morgan fingerprint density at radius 3 is 2.08 bits per heavy atom. The summed E-state index contributed by atoms with van der Waals surface area (Å²) in [6.45, 7) is 20.8. The largest absolute Gasteiger partial charge is 0.436 e. The molecule has 0 amide bonds. The molecule has 0 heterocycles. The van der Waals surface area contributed by atoms with E-state index in [1.165, 1.54) is 0 Å². The fourth-order valence-electron chi connectivity index (χ4n) is 4.52. The van der Waals surface area contributed by atoms with E-state index >= 15 is 0 Å². The Balaban J connectivity index is 3.09. The number of ether oxygens (including phenoxy) is 3. The highest BCUT2D eigenvalue weighted by molar-refractivity contribution is 6.48. The quantitative estimate of drug-likeness (QED) is 0.154. The maximum absolute atomic E-state index is 12.6. The van der Waals surface area contributed by atoms with E-state index in [9.17, 15) is 9.90 Å². The van der Waals surface area contributed by atoms with Crippen LogP contribution in [0.2, 0.25) is 13.1 Å². The zero-order chi connectivity index (χ0) is 28.4. The number of esters is 1. The maximum atomic E-state index is 12.6. The average molecular weight is 538 g/mol. The smallest absolute Gasteiger partial charge is 0.313 e. The Labute approximate surface area is 228 Å². The summed E-state index contributed by atoms with van der Waals surface area (Å²) >= 11 is 0. The second-order valence-corrected chi connectivity index (χ2v) is 15.0. The summed E-state index contributed by atoms with van der Waals surface area (Å²) in [6.07, 6.45) is -0.200. The van der Waals surface area contributed by atoms with E-state index in [4.69, 9.17) is 18.6 Å². The van der Waals surface area contributed by atoms with E-state index in [0.717, 1.165) is 18.4 Å². The van der Waals surface area contributed by atoms with Crippen LogP contribution in [-0.4, -0.2) is 51.8 Å². The number of carbonyl (C=O) groups excluding carboxylic acids is 1. The summed E-state index contributed by atoms with van der Waals surface area (Å²) in [6, 6.07) is 9.95. The third-order valence-electron chi connectivity index (χ3n) is 6.19. The molecule has 1 aromatic carbocycles. The van der Waals surface area contributed by atoms with E-state index in [0.29, 0.717) is 18.9 Å². The molecule has 213 valence electrons. The molecule has 0 fully saturated rings. The van der Waals surface area contributed by atoms with Crippen LogP contribution in [0.5, 0.6) is 0 Å². The Morgan fingerprint density at radius 2 is 1.59 bits per heavy atom. The van der Waals surface area contributed by atoms with Crippen molar-refractivity contribution in [2.24, 2.45) is 22.7 Å². The molecule has 0 aliphatic rings. The molecular weight excluding hydrogens is 484 g/mol. The summed E-state index contributed by atoms with van der Waals surface area (Å²) in [7, 11) is 0.547. The lowest BCUT2D eigenvalue weighted by atomic mass is 9.82. The molecule has 1 aromatic rings. The first-order valence-electron chi connectivity index (χ1n) is 13.6. The average Bonchev–Trinajstić information content (AvgIpc) is 2.76. The van der Waals surface area contributed by atoms with Gasteiger partial charge in [-0.2, -0.15) is 0 Å². The fourth-order valence-corrected chi connectivity index (χ4v) is 5.26. The van der Waals surface area contributed by atoms with Crippen LogP contribution in [0.15, 0.2) is 30.3 Å². The van der Waals surface area contributed by atoms with Gasteiger partial charge in [-0.15, -0.1) is 0 Å². The van der Waals surface area contributed by atoms with Gasteiger partial charge < -0.3 is 23.7 Å². The van der Waals surface area contributed by atoms with Crippen molar-refractivity contribution in [1.29, 1.82) is 0 Å². The molecule has 0 aliphatic heterocycles. The summed E-state index contributed by atoms with van der Waals surface area (Å²) < 4.78 is 24.1. The van der Waals surface area contributed by atoms with Gasteiger partial charge in [-0.25, -0.2) is 0 Å². The highest BCUT2D eigenvalue weighted by atomic mass is 28.3. The lowest BCUT2D eigenvalue weighted by molar-refractivity contribution is -0.185. The predicted octanol–water partition coefficient (Wildman–Crippen LogP) is 6.62. The molecule has 1 N–H and O–H groups in total. The number of carbonyl (C=O) groups is 1. The molecule has 37 heavy (non-hydrogen) atoms. The van der Waals surface area contributed by atoms with E-state index in [2.05, 4.69) is 27.7 Å². The lowest BCUT2D eigenvalue weighted by Crippen LogP contribution is -2.44. The molecule has 0 saturated carbocycles. The van der Waals surface area contributed by atoms with Crippen LogP contribution >= 0.6 is 0 Å². The molecule has 0 aliphatic carbocycles. The van der Waals surface area contributed by atoms with Crippen LogP contribution in [0.25, 0.3) is 0 Å². The molecule has 0 bridgehead atoms. The van der Waals surface area contributed by atoms with Crippen molar-refractivity contribution in [3.8, 4) is 0 Å². The number of aliphatic hydroxyl groups is 1. The van der Waals surface area contributed by atoms with Crippen molar-refractivity contribution in [3.05, 3.63) is 35.9 Å². The van der Waals surface area contributed by atoms with Gasteiger partial charge in [0.05, 0.1) is 24.2 Å². The topological polar surface area (TPSA) is 74.2 Å². The highest BCUT2D eigenvalue weighted by Crippen LogP contribution is 2.30. The van der Waals surface area contributed by atoms with Crippen LogP contribution in [0.4, 0.5) is 0 Å². The van der Waals surface area contributed by atoms with Gasteiger partial charge in [-0.05, 0) is 70.0 Å². The molecular formula is C30H53O6Si. The SMILES string of the molecule is CO[C@@H](C[C@H](C)CC(C)(C)C)[C@H](OCc1ccccc1)[C@@H](O)C[C@@H](C)C(OC(=O)C(C)(C)C)O[Si](C)C. The third-order valence-corrected chi connectivity index (χ3v) is 6.90. The molecule has 1 rings (SSSR count). The molecule has 7 heteroatoms. The minimum atomic E-state index is -1.14. The van der Waals surface area contributed by atoms with Gasteiger partial charge in [-0.3, -0.25) is 4.79 Å². The van der Waals surface area contributed by atoms with Crippen LogP contribution in [0, 0.1) is 22.7 Å². The minimum absolute atomic E-state index is 0.201. The Morgan fingerprint density at radius 1 is 1.00 bits per heavy atom. The molecule has 1 radical (unpaired) electrons.